The van der Waals surface area contributed by atoms with Crippen LogP contribution in [0.3, 0.4) is 0 Å². The molecule has 0 aromatic carbocycles. The van der Waals surface area contributed by atoms with E-state index in [1.54, 1.807) is 0 Å². The second-order valence-corrected chi connectivity index (χ2v) is 8.59. The first-order valence-corrected chi connectivity index (χ1v) is 11.9. The van der Waals surface area contributed by atoms with Crippen molar-refractivity contribution in [3.8, 4) is 0 Å². The van der Waals surface area contributed by atoms with Crippen LogP contribution in [0.2, 0.25) is 0 Å². The fraction of sp³-hybridized carbons (Fsp3) is 1.00. The van der Waals surface area contributed by atoms with Crippen molar-refractivity contribution in [1.29, 1.82) is 0 Å². The van der Waals surface area contributed by atoms with Gasteiger partial charge in [0.25, 0.3) is 0 Å². The summed E-state index contributed by atoms with van der Waals surface area (Å²) in [5, 5.41) is 49.7. The normalized spacial score (nSPS) is 17.3. The lowest BCUT2D eigenvalue weighted by atomic mass is 9.93. The first kappa shape index (κ1) is 28.8. The Kier molecular flexibility index (Phi) is 18.4. The Morgan fingerprint density at radius 2 is 1.10 bits per heavy atom. The molecule has 0 saturated heterocycles. The Hall–Kier alpha value is -0.240. The maximum atomic E-state index is 10.7. The lowest BCUT2D eigenvalue weighted by molar-refractivity contribution is -0.131. The van der Waals surface area contributed by atoms with Gasteiger partial charge in [0.1, 0.15) is 18.3 Å². The first-order chi connectivity index (χ1) is 13.9. The molecule has 0 aliphatic rings. The highest BCUT2D eigenvalue weighted by Gasteiger charge is 2.35. The molecule has 6 heteroatoms. The van der Waals surface area contributed by atoms with Crippen LogP contribution in [0.25, 0.3) is 0 Å². The topological polar surface area (TPSA) is 104 Å². The van der Waals surface area contributed by atoms with Gasteiger partial charge in [-0.05, 0) is 26.4 Å². The molecule has 0 heterocycles. The maximum absolute atomic E-state index is 10.7. The number of nitrogens with zero attached hydrogens (tertiary/aromatic N) is 1. The summed E-state index contributed by atoms with van der Waals surface area (Å²) in [6.07, 6.45) is 9.10. The van der Waals surface area contributed by atoms with Crippen LogP contribution in [0, 0.1) is 0 Å². The lowest BCUT2D eigenvalue weighted by Gasteiger charge is -2.36. The van der Waals surface area contributed by atoms with Gasteiger partial charge < -0.3 is 30.4 Å². The Bertz CT molecular complexity index is 358. The molecule has 5 atom stereocenters. The molecule has 0 aliphatic heterocycles. The molecule has 0 spiro atoms. The van der Waals surface area contributed by atoms with E-state index in [2.05, 4.69) is 18.7 Å². The van der Waals surface area contributed by atoms with E-state index in [0.717, 1.165) is 38.6 Å². The molecule has 0 bridgehead atoms. The number of aliphatic hydroxyl groups excluding tert-OH is 5. The van der Waals surface area contributed by atoms with Gasteiger partial charge >= 0.3 is 0 Å². The highest BCUT2D eigenvalue weighted by Crippen LogP contribution is 2.19. The number of unbranched alkanes of at least 4 members (excludes halogenated alkanes) is 10. The van der Waals surface area contributed by atoms with Crippen LogP contribution >= 0.6 is 0 Å². The average Bonchev–Trinajstić information content (AvgIpc) is 2.73. The predicted octanol–water partition coefficient (Wildman–Crippen LogP) is 2.83. The van der Waals surface area contributed by atoms with E-state index in [4.69, 9.17) is 5.11 Å². The van der Waals surface area contributed by atoms with Crippen LogP contribution in [-0.2, 0) is 0 Å². The molecule has 1 unspecified atom stereocenters. The highest BCUT2D eigenvalue weighted by atomic mass is 16.4. The fourth-order valence-corrected chi connectivity index (χ4v) is 3.86. The molecule has 176 valence electrons. The van der Waals surface area contributed by atoms with Crippen molar-refractivity contribution >= 4 is 0 Å². The molecule has 6 nitrogen and oxygen atoms in total. The second-order valence-electron chi connectivity index (χ2n) is 8.59. The SMILES string of the molecule is CCCCCCCCC([C@H](O)[C@@H](O)[C@H](O)[C@H](O)CO)N(C)CCCCCCCC. The smallest absolute Gasteiger partial charge is 0.111 e. The number of likely N-dealkylation sites (N-methyl/N-ethyl adjacent to an activating group) is 1. The number of hydrogen-bond acceptors (Lipinski definition) is 6. The minimum atomic E-state index is -1.57. The van der Waals surface area contributed by atoms with Crippen molar-refractivity contribution in [1.82, 2.24) is 4.90 Å². The van der Waals surface area contributed by atoms with Crippen LogP contribution in [0.1, 0.15) is 97.3 Å². The standard InChI is InChI=1S/C23H49NO5/c1-4-6-8-10-12-14-16-19(21(27)23(29)22(28)20(26)18-25)24(3)17-15-13-11-9-7-5-2/h19-23,25-29H,4-18H2,1-3H3/t19?,20-,21+,22-,23-/m1/s1. The summed E-state index contributed by atoms with van der Waals surface area (Å²) in [4.78, 5) is 2.08. The molecule has 0 aromatic rings. The van der Waals surface area contributed by atoms with Gasteiger partial charge in [0, 0.05) is 6.04 Å². The summed E-state index contributed by atoms with van der Waals surface area (Å²) in [6, 6.07) is -0.285. The van der Waals surface area contributed by atoms with Crippen LogP contribution in [0.5, 0.6) is 0 Å². The van der Waals surface area contributed by atoms with Gasteiger partial charge in [-0.15, -0.1) is 0 Å². The Morgan fingerprint density at radius 1 is 0.621 bits per heavy atom. The zero-order valence-electron chi connectivity index (χ0n) is 19.2. The molecule has 5 N–H and O–H groups in total. The van der Waals surface area contributed by atoms with Gasteiger partial charge in [0.2, 0.25) is 0 Å². The third-order valence-electron chi connectivity index (χ3n) is 5.96. The number of aliphatic hydroxyl groups is 5. The van der Waals surface area contributed by atoms with Crippen molar-refractivity contribution < 1.29 is 25.5 Å². The van der Waals surface area contributed by atoms with E-state index in [-0.39, 0.29) is 6.04 Å². The van der Waals surface area contributed by atoms with E-state index in [9.17, 15) is 20.4 Å². The van der Waals surface area contributed by atoms with Crippen molar-refractivity contribution in [2.75, 3.05) is 20.2 Å². The van der Waals surface area contributed by atoms with Crippen molar-refractivity contribution in [3.63, 3.8) is 0 Å². The van der Waals surface area contributed by atoms with Gasteiger partial charge in [-0.1, -0.05) is 84.5 Å². The summed E-state index contributed by atoms with van der Waals surface area (Å²) in [5.74, 6) is 0. The summed E-state index contributed by atoms with van der Waals surface area (Å²) in [7, 11) is 1.96. The highest BCUT2D eigenvalue weighted by molar-refractivity contribution is 4.88. The Labute approximate surface area is 178 Å². The van der Waals surface area contributed by atoms with E-state index in [1.807, 2.05) is 7.05 Å². The van der Waals surface area contributed by atoms with Crippen LogP contribution in [-0.4, -0.2) is 81.1 Å². The van der Waals surface area contributed by atoms with E-state index < -0.39 is 31.0 Å². The van der Waals surface area contributed by atoms with Crippen LogP contribution < -0.4 is 0 Å². The van der Waals surface area contributed by atoms with Gasteiger partial charge in [-0.3, -0.25) is 0 Å². The van der Waals surface area contributed by atoms with E-state index in [1.165, 1.54) is 51.4 Å². The molecule has 0 radical (unpaired) electrons. The summed E-state index contributed by atoms with van der Waals surface area (Å²) in [5.41, 5.74) is 0. The molecule has 0 rings (SSSR count). The molecule has 0 saturated carbocycles. The summed E-state index contributed by atoms with van der Waals surface area (Å²) in [6.45, 7) is 4.57. The monoisotopic (exact) mass is 419 g/mol. The van der Waals surface area contributed by atoms with E-state index >= 15 is 0 Å². The van der Waals surface area contributed by atoms with Gasteiger partial charge in [0.05, 0.1) is 12.7 Å². The summed E-state index contributed by atoms with van der Waals surface area (Å²) >= 11 is 0. The molecule has 0 aromatic heterocycles. The first-order valence-electron chi connectivity index (χ1n) is 11.9. The van der Waals surface area contributed by atoms with Crippen molar-refractivity contribution in [2.24, 2.45) is 0 Å². The third-order valence-corrected chi connectivity index (χ3v) is 5.96. The molecule has 0 aliphatic carbocycles. The van der Waals surface area contributed by atoms with Gasteiger partial charge in [-0.25, -0.2) is 0 Å². The Morgan fingerprint density at radius 3 is 1.62 bits per heavy atom. The molecule has 29 heavy (non-hydrogen) atoms. The van der Waals surface area contributed by atoms with E-state index in [0.29, 0.717) is 0 Å². The zero-order valence-corrected chi connectivity index (χ0v) is 19.2. The second kappa shape index (κ2) is 18.5. The molecular weight excluding hydrogens is 370 g/mol. The summed E-state index contributed by atoms with van der Waals surface area (Å²) < 4.78 is 0. The zero-order chi connectivity index (χ0) is 22.1. The third kappa shape index (κ3) is 12.9. The largest absolute Gasteiger partial charge is 0.394 e. The quantitative estimate of drug-likeness (QED) is 0.194. The maximum Gasteiger partial charge on any atom is 0.111 e. The lowest BCUT2D eigenvalue weighted by Crippen LogP contribution is -2.54. The molecule has 0 fully saturated rings. The predicted molar refractivity (Wildman–Crippen MR) is 119 cm³/mol. The molecule has 0 amide bonds. The van der Waals surface area contributed by atoms with Crippen LogP contribution in [0.4, 0.5) is 0 Å². The minimum Gasteiger partial charge on any atom is -0.394 e. The van der Waals surface area contributed by atoms with Gasteiger partial charge in [-0.2, -0.15) is 0 Å². The van der Waals surface area contributed by atoms with Crippen molar-refractivity contribution in [3.05, 3.63) is 0 Å². The minimum absolute atomic E-state index is 0.285. The number of hydrogen-bond donors (Lipinski definition) is 5. The fourth-order valence-electron chi connectivity index (χ4n) is 3.86. The number of rotatable bonds is 20. The van der Waals surface area contributed by atoms with Gasteiger partial charge in [0.15, 0.2) is 0 Å². The van der Waals surface area contributed by atoms with Crippen molar-refractivity contribution in [2.45, 2.75) is 128 Å². The Balaban J connectivity index is 4.67. The molecular formula is C23H49NO5. The van der Waals surface area contributed by atoms with Crippen LogP contribution in [0.15, 0.2) is 0 Å². The average molecular weight is 420 g/mol.